The number of hydrogen-bond acceptors (Lipinski definition) is 5. The van der Waals surface area contributed by atoms with E-state index in [0.29, 0.717) is 16.6 Å². The van der Waals surface area contributed by atoms with E-state index in [0.717, 1.165) is 0 Å². The standard InChI is InChI=1S/C14H10N4O2/c19-13(10-6-2-1-3-7-10)14(16-20)18-12-9-5-4-8-11(12)15-17-18/h1-9,20H/b16-14-. The molecule has 3 aromatic rings. The number of para-hydroxylation sites is 1. The summed E-state index contributed by atoms with van der Waals surface area (Å²) in [5.41, 5.74) is 1.64. The van der Waals surface area contributed by atoms with E-state index in [2.05, 4.69) is 15.5 Å². The third-order valence-electron chi connectivity index (χ3n) is 2.89. The van der Waals surface area contributed by atoms with Crippen LogP contribution in [0.5, 0.6) is 0 Å². The second-order valence-electron chi connectivity index (χ2n) is 4.11. The maximum absolute atomic E-state index is 12.3. The van der Waals surface area contributed by atoms with Crippen molar-refractivity contribution >= 4 is 22.7 Å². The van der Waals surface area contributed by atoms with Crippen LogP contribution in [-0.2, 0) is 0 Å². The molecule has 6 heteroatoms. The lowest BCUT2D eigenvalue weighted by atomic mass is 10.1. The van der Waals surface area contributed by atoms with Gasteiger partial charge in [-0.25, -0.2) is 0 Å². The number of nitrogens with zero attached hydrogens (tertiary/aromatic N) is 4. The van der Waals surface area contributed by atoms with Crippen LogP contribution in [0.2, 0.25) is 0 Å². The Morgan fingerprint density at radius 2 is 1.75 bits per heavy atom. The molecule has 0 amide bonds. The summed E-state index contributed by atoms with van der Waals surface area (Å²) in [6, 6.07) is 15.7. The fraction of sp³-hybridized carbons (Fsp3) is 0. The topological polar surface area (TPSA) is 80.4 Å². The van der Waals surface area contributed by atoms with Gasteiger partial charge in [0.05, 0.1) is 5.52 Å². The molecule has 0 radical (unpaired) electrons. The Morgan fingerprint density at radius 1 is 1.05 bits per heavy atom. The van der Waals surface area contributed by atoms with Gasteiger partial charge in [-0.3, -0.25) is 4.79 Å². The van der Waals surface area contributed by atoms with E-state index in [1.807, 2.05) is 6.07 Å². The SMILES string of the molecule is O=C(/C(=N/O)n1nnc2ccccc21)c1ccccc1. The zero-order valence-electron chi connectivity index (χ0n) is 10.3. The minimum Gasteiger partial charge on any atom is -0.409 e. The molecule has 0 aliphatic carbocycles. The number of Topliss-reactive ketones (excluding diaryl/α,β-unsaturated/α-hetero) is 1. The number of ketones is 1. The van der Waals surface area contributed by atoms with Crippen molar-refractivity contribution in [2.75, 3.05) is 0 Å². The first-order valence-corrected chi connectivity index (χ1v) is 5.94. The summed E-state index contributed by atoms with van der Waals surface area (Å²) in [6.07, 6.45) is 0. The van der Waals surface area contributed by atoms with Crippen LogP contribution in [0.25, 0.3) is 11.0 Å². The third-order valence-corrected chi connectivity index (χ3v) is 2.89. The van der Waals surface area contributed by atoms with Gasteiger partial charge in [-0.05, 0) is 12.1 Å². The maximum atomic E-state index is 12.3. The smallest absolute Gasteiger partial charge is 0.242 e. The minimum absolute atomic E-state index is 0.190. The molecular weight excluding hydrogens is 256 g/mol. The summed E-state index contributed by atoms with van der Waals surface area (Å²) in [7, 11) is 0. The van der Waals surface area contributed by atoms with Crippen LogP contribution in [-0.4, -0.2) is 31.8 Å². The molecule has 2 aromatic carbocycles. The zero-order valence-corrected chi connectivity index (χ0v) is 10.3. The van der Waals surface area contributed by atoms with Crippen molar-refractivity contribution in [2.45, 2.75) is 0 Å². The van der Waals surface area contributed by atoms with Crippen molar-refractivity contribution in [3.63, 3.8) is 0 Å². The quantitative estimate of drug-likeness (QED) is 0.253. The summed E-state index contributed by atoms with van der Waals surface area (Å²) in [5, 5.41) is 20.1. The molecule has 1 heterocycles. The second-order valence-corrected chi connectivity index (χ2v) is 4.11. The van der Waals surface area contributed by atoms with Crippen LogP contribution in [0.1, 0.15) is 10.4 Å². The van der Waals surface area contributed by atoms with Gasteiger partial charge in [0.1, 0.15) is 5.52 Å². The van der Waals surface area contributed by atoms with E-state index in [1.165, 1.54) is 4.68 Å². The van der Waals surface area contributed by atoms with Crippen LogP contribution in [0.3, 0.4) is 0 Å². The van der Waals surface area contributed by atoms with Gasteiger partial charge >= 0.3 is 0 Å². The summed E-state index contributed by atoms with van der Waals surface area (Å²) in [6.45, 7) is 0. The van der Waals surface area contributed by atoms with Crippen molar-refractivity contribution in [3.8, 4) is 0 Å². The first-order chi connectivity index (χ1) is 9.81. The highest BCUT2D eigenvalue weighted by Gasteiger charge is 2.20. The lowest BCUT2D eigenvalue weighted by molar-refractivity contribution is 0.105. The van der Waals surface area contributed by atoms with Crippen LogP contribution in [0.15, 0.2) is 59.8 Å². The Bertz CT molecular complexity index is 793. The monoisotopic (exact) mass is 266 g/mol. The molecule has 1 aromatic heterocycles. The molecule has 98 valence electrons. The van der Waals surface area contributed by atoms with Gasteiger partial charge in [0.2, 0.25) is 11.6 Å². The Hall–Kier alpha value is -3.02. The average molecular weight is 266 g/mol. The fourth-order valence-corrected chi connectivity index (χ4v) is 1.93. The molecule has 6 nitrogen and oxygen atoms in total. The fourth-order valence-electron chi connectivity index (χ4n) is 1.93. The normalized spacial score (nSPS) is 11.7. The van der Waals surface area contributed by atoms with Gasteiger partial charge in [-0.15, -0.1) is 5.10 Å². The van der Waals surface area contributed by atoms with E-state index >= 15 is 0 Å². The summed E-state index contributed by atoms with van der Waals surface area (Å²) < 4.78 is 1.23. The first kappa shape index (κ1) is 12.0. The van der Waals surface area contributed by atoms with E-state index in [1.54, 1.807) is 48.5 Å². The number of carbonyl (C=O) groups excluding carboxylic acids is 1. The predicted octanol–water partition coefficient (Wildman–Crippen LogP) is 1.95. The van der Waals surface area contributed by atoms with Gasteiger partial charge in [-0.2, -0.15) is 4.68 Å². The molecule has 3 rings (SSSR count). The number of oxime groups is 1. The largest absolute Gasteiger partial charge is 0.409 e. The summed E-state index contributed by atoms with van der Waals surface area (Å²) in [5.74, 6) is -0.617. The van der Waals surface area contributed by atoms with Crippen molar-refractivity contribution in [1.82, 2.24) is 15.0 Å². The van der Waals surface area contributed by atoms with Crippen molar-refractivity contribution < 1.29 is 10.0 Å². The molecule has 0 spiro atoms. The molecule has 0 saturated carbocycles. The van der Waals surface area contributed by atoms with E-state index < -0.39 is 5.78 Å². The summed E-state index contributed by atoms with van der Waals surface area (Å²) >= 11 is 0. The van der Waals surface area contributed by atoms with Gasteiger partial charge in [0.25, 0.3) is 0 Å². The zero-order chi connectivity index (χ0) is 13.9. The Kier molecular flexibility index (Phi) is 2.96. The Morgan fingerprint density at radius 3 is 2.50 bits per heavy atom. The summed E-state index contributed by atoms with van der Waals surface area (Å²) in [4.78, 5) is 12.3. The molecule has 0 aliphatic rings. The molecule has 0 saturated heterocycles. The Labute approximate surface area is 114 Å². The molecule has 1 N–H and O–H groups in total. The van der Waals surface area contributed by atoms with E-state index in [4.69, 9.17) is 5.21 Å². The molecule has 0 unspecified atom stereocenters. The van der Waals surface area contributed by atoms with Crippen LogP contribution in [0, 0.1) is 0 Å². The lowest BCUT2D eigenvalue weighted by Gasteiger charge is -2.03. The molecule has 0 bridgehead atoms. The van der Waals surface area contributed by atoms with Crippen molar-refractivity contribution in [3.05, 3.63) is 60.2 Å². The Balaban J connectivity index is 2.09. The third kappa shape index (κ3) is 1.93. The molecular formula is C14H10N4O2. The van der Waals surface area contributed by atoms with Crippen LogP contribution in [0.4, 0.5) is 0 Å². The number of hydrogen-bond donors (Lipinski definition) is 1. The van der Waals surface area contributed by atoms with Crippen molar-refractivity contribution in [2.24, 2.45) is 5.16 Å². The number of carbonyl (C=O) groups is 1. The van der Waals surface area contributed by atoms with Gasteiger partial charge < -0.3 is 5.21 Å². The average Bonchev–Trinajstić information content (AvgIpc) is 2.93. The first-order valence-electron chi connectivity index (χ1n) is 5.94. The lowest BCUT2D eigenvalue weighted by Crippen LogP contribution is -2.24. The number of aromatic nitrogens is 3. The van der Waals surface area contributed by atoms with Crippen LogP contribution >= 0.6 is 0 Å². The molecule has 20 heavy (non-hydrogen) atoms. The maximum Gasteiger partial charge on any atom is 0.242 e. The van der Waals surface area contributed by atoms with Gasteiger partial charge in [-0.1, -0.05) is 52.8 Å². The number of rotatable bonds is 2. The van der Waals surface area contributed by atoms with Gasteiger partial charge in [0, 0.05) is 5.56 Å². The second kappa shape index (κ2) is 4.93. The molecule has 0 atom stereocenters. The highest BCUT2D eigenvalue weighted by Crippen LogP contribution is 2.11. The molecule has 0 fully saturated rings. The highest BCUT2D eigenvalue weighted by atomic mass is 16.4. The minimum atomic E-state index is -0.427. The van der Waals surface area contributed by atoms with Crippen LogP contribution < -0.4 is 0 Å². The number of fused-ring (bicyclic) bond motifs is 1. The van der Waals surface area contributed by atoms with E-state index in [9.17, 15) is 4.79 Å². The highest BCUT2D eigenvalue weighted by molar-refractivity contribution is 6.46. The van der Waals surface area contributed by atoms with Crippen molar-refractivity contribution in [1.29, 1.82) is 0 Å². The predicted molar refractivity (Wildman–Crippen MR) is 72.9 cm³/mol. The van der Waals surface area contributed by atoms with Gasteiger partial charge in [0.15, 0.2) is 0 Å². The number of benzene rings is 2. The van der Waals surface area contributed by atoms with E-state index in [-0.39, 0.29) is 5.84 Å². The molecule has 0 aliphatic heterocycles.